The molecule has 0 aliphatic carbocycles. The summed E-state index contributed by atoms with van der Waals surface area (Å²) >= 11 is 5.99. The molecule has 154 valence electrons. The Bertz CT molecular complexity index is 1010. The van der Waals surface area contributed by atoms with Gasteiger partial charge in [-0.15, -0.1) is 0 Å². The van der Waals surface area contributed by atoms with Gasteiger partial charge in [0.15, 0.2) is 0 Å². The Hall–Kier alpha value is -3.03. The number of nitrogens with two attached hydrogens (primary N) is 1. The Labute approximate surface area is 183 Å². The van der Waals surface area contributed by atoms with Gasteiger partial charge >= 0.3 is 0 Å². The van der Waals surface area contributed by atoms with Crippen molar-refractivity contribution in [2.45, 2.75) is 39.0 Å². The molecule has 0 bridgehead atoms. The van der Waals surface area contributed by atoms with Gasteiger partial charge in [-0.25, -0.2) is 4.98 Å². The summed E-state index contributed by atoms with van der Waals surface area (Å²) in [5.74, 6) is 1.04. The van der Waals surface area contributed by atoms with Crippen LogP contribution in [-0.4, -0.2) is 11.6 Å². The summed E-state index contributed by atoms with van der Waals surface area (Å²) in [7, 11) is 0. The molecule has 4 nitrogen and oxygen atoms in total. The molecule has 0 aliphatic rings. The van der Waals surface area contributed by atoms with E-state index in [4.69, 9.17) is 22.1 Å². The van der Waals surface area contributed by atoms with Crippen molar-refractivity contribution in [2.24, 2.45) is 0 Å². The van der Waals surface area contributed by atoms with E-state index in [1.807, 2.05) is 42.5 Å². The minimum absolute atomic E-state index is 0.215. The number of nitriles is 1. The van der Waals surface area contributed by atoms with Crippen molar-refractivity contribution >= 4 is 17.4 Å². The summed E-state index contributed by atoms with van der Waals surface area (Å²) in [6, 6.07) is 19.2. The molecular formula is C25H26ClN3O. The molecule has 0 unspecified atom stereocenters. The maximum absolute atomic E-state index is 9.61. The SMILES string of the molecule is CCCCCCCOc1ccc(-c2cc(-c3ccc(Cl)cc3)nc(N)c2C#N)cc1. The fourth-order valence-electron chi connectivity index (χ4n) is 3.30. The Balaban J connectivity index is 1.79. The Morgan fingerprint density at radius 3 is 2.30 bits per heavy atom. The van der Waals surface area contributed by atoms with Crippen LogP contribution < -0.4 is 10.5 Å². The lowest BCUT2D eigenvalue weighted by Gasteiger charge is -2.11. The zero-order valence-electron chi connectivity index (χ0n) is 17.2. The Morgan fingerprint density at radius 1 is 0.967 bits per heavy atom. The van der Waals surface area contributed by atoms with Crippen LogP contribution in [-0.2, 0) is 0 Å². The number of halogens is 1. The first-order chi connectivity index (χ1) is 14.6. The van der Waals surface area contributed by atoms with Crippen LogP contribution in [0.1, 0.15) is 44.6 Å². The number of rotatable bonds is 9. The largest absolute Gasteiger partial charge is 0.494 e. The number of anilines is 1. The minimum Gasteiger partial charge on any atom is -0.494 e. The molecule has 3 rings (SSSR count). The quantitative estimate of drug-likeness (QED) is 0.384. The fourth-order valence-corrected chi connectivity index (χ4v) is 3.43. The topological polar surface area (TPSA) is 71.9 Å². The Kier molecular flexibility index (Phi) is 7.70. The van der Waals surface area contributed by atoms with Crippen molar-refractivity contribution < 1.29 is 4.74 Å². The van der Waals surface area contributed by atoms with Crippen LogP contribution in [0.2, 0.25) is 5.02 Å². The molecule has 0 aliphatic heterocycles. The smallest absolute Gasteiger partial charge is 0.142 e. The van der Waals surface area contributed by atoms with E-state index < -0.39 is 0 Å². The lowest BCUT2D eigenvalue weighted by molar-refractivity contribution is 0.304. The van der Waals surface area contributed by atoms with E-state index in [1.165, 1.54) is 25.7 Å². The number of aromatic nitrogens is 1. The third-order valence-electron chi connectivity index (χ3n) is 4.98. The fraction of sp³-hybridized carbons (Fsp3) is 0.280. The molecule has 0 saturated heterocycles. The third kappa shape index (κ3) is 5.52. The first kappa shape index (κ1) is 21.7. The van der Waals surface area contributed by atoms with Gasteiger partial charge in [-0.2, -0.15) is 5.26 Å². The molecule has 0 fully saturated rings. The Morgan fingerprint density at radius 2 is 1.63 bits per heavy atom. The van der Waals surface area contributed by atoms with E-state index in [0.29, 0.717) is 16.3 Å². The molecule has 0 saturated carbocycles. The molecular weight excluding hydrogens is 394 g/mol. The van der Waals surface area contributed by atoms with E-state index >= 15 is 0 Å². The molecule has 1 heterocycles. The van der Waals surface area contributed by atoms with Crippen molar-refractivity contribution in [2.75, 3.05) is 12.3 Å². The van der Waals surface area contributed by atoms with Crippen LogP contribution in [0, 0.1) is 11.3 Å². The second-order valence-electron chi connectivity index (χ2n) is 7.22. The van der Waals surface area contributed by atoms with Gasteiger partial charge in [0.1, 0.15) is 23.2 Å². The molecule has 0 amide bonds. The first-order valence-electron chi connectivity index (χ1n) is 10.3. The summed E-state index contributed by atoms with van der Waals surface area (Å²) in [6.45, 7) is 2.93. The van der Waals surface area contributed by atoms with Gasteiger partial charge in [-0.3, -0.25) is 0 Å². The minimum atomic E-state index is 0.215. The lowest BCUT2D eigenvalue weighted by Crippen LogP contribution is -2.00. The van der Waals surface area contributed by atoms with Crippen molar-refractivity contribution in [3.05, 3.63) is 65.2 Å². The monoisotopic (exact) mass is 419 g/mol. The molecule has 1 aromatic heterocycles. The second-order valence-corrected chi connectivity index (χ2v) is 7.66. The van der Waals surface area contributed by atoms with Crippen molar-refractivity contribution in [1.82, 2.24) is 4.98 Å². The van der Waals surface area contributed by atoms with E-state index in [9.17, 15) is 5.26 Å². The number of hydrogen-bond donors (Lipinski definition) is 1. The summed E-state index contributed by atoms with van der Waals surface area (Å²) in [5.41, 5.74) is 9.70. The first-order valence-corrected chi connectivity index (χ1v) is 10.7. The molecule has 0 spiro atoms. The molecule has 0 atom stereocenters. The zero-order chi connectivity index (χ0) is 21.3. The van der Waals surface area contributed by atoms with Crippen molar-refractivity contribution in [3.63, 3.8) is 0 Å². The van der Waals surface area contributed by atoms with E-state index in [1.54, 1.807) is 12.1 Å². The zero-order valence-corrected chi connectivity index (χ0v) is 18.0. The summed E-state index contributed by atoms with van der Waals surface area (Å²) in [4.78, 5) is 4.41. The van der Waals surface area contributed by atoms with Crippen LogP contribution in [0.3, 0.4) is 0 Å². The number of nitrogen functional groups attached to an aromatic ring is 1. The maximum Gasteiger partial charge on any atom is 0.142 e. The molecule has 3 aromatic rings. The molecule has 2 N–H and O–H groups in total. The number of nitrogens with zero attached hydrogens (tertiary/aromatic N) is 2. The number of unbranched alkanes of at least 4 members (excludes halogenated alkanes) is 4. The standard InChI is InChI=1S/C25H26ClN3O/c1-2-3-4-5-6-15-30-21-13-9-18(10-14-21)22-16-24(29-25(28)23(22)17-27)19-7-11-20(26)12-8-19/h7-14,16H,2-6,15H2,1H3,(H2,28,29). The average Bonchev–Trinajstić information content (AvgIpc) is 2.76. The number of benzene rings is 2. The van der Waals surface area contributed by atoms with Crippen LogP contribution >= 0.6 is 11.6 Å². The van der Waals surface area contributed by atoms with Crippen molar-refractivity contribution in [3.8, 4) is 34.2 Å². The summed E-state index contributed by atoms with van der Waals surface area (Å²) in [5, 5.41) is 10.3. The van der Waals surface area contributed by atoms with Gasteiger partial charge in [0, 0.05) is 16.1 Å². The third-order valence-corrected chi connectivity index (χ3v) is 5.23. The molecule has 0 radical (unpaired) electrons. The van der Waals surface area contributed by atoms with E-state index in [2.05, 4.69) is 18.0 Å². The van der Waals surface area contributed by atoms with Crippen LogP contribution in [0.4, 0.5) is 5.82 Å². The molecule has 30 heavy (non-hydrogen) atoms. The summed E-state index contributed by atoms with van der Waals surface area (Å²) < 4.78 is 5.85. The maximum atomic E-state index is 9.61. The van der Waals surface area contributed by atoms with Crippen LogP contribution in [0.15, 0.2) is 54.6 Å². The number of hydrogen-bond acceptors (Lipinski definition) is 4. The second kappa shape index (κ2) is 10.7. The van der Waals surface area contributed by atoms with Crippen molar-refractivity contribution in [1.29, 1.82) is 5.26 Å². The van der Waals surface area contributed by atoms with Gasteiger partial charge in [-0.1, -0.05) is 68.5 Å². The van der Waals surface area contributed by atoms with Gasteiger partial charge in [-0.05, 0) is 42.3 Å². The number of ether oxygens (including phenoxy) is 1. The van der Waals surface area contributed by atoms with E-state index in [0.717, 1.165) is 35.5 Å². The van der Waals surface area contributed by atoms with Gasteiger partial charge in [0.25, 0.3) is 0 Å². The predicted octanol–water partition coefficient (Wildman–Crippen LogP) is 6.87. The highest BCUT2D eigenvalue weighted by Crippen LogP contribution is 2.32. The highest BCUT2D eigenvalue weighted by molar-refractivity contribution is 6.30. The average molecular weight is 420 g/mol. The highest BCUT2D eigenvalue weighted by Gasteiger charge is 2.13. The van der Waals surface area contributed by atoms with E-state index in [-0.39, 0.29) is 5.82 Å². The molecule has 2 aromatic carbocycles. The predicted molar refractivity (Wildman–Crippen MR) is 124 cm³/mol. The van der Waals surface area contributed by atoms with Crippen LogP contribution in [0.25, 0.3) is 22.4 Å². The normalized spacial score (nSPS) is 10.6. The summed E-state index contributed by atoms with van der Waals surface area (Å²) in [6.07, 6.45) is 6.04. The van der Waals surface area contributed by atoms with Gasteiger partial charge in [0.05, 0.1) is 12.3 Å². The van der Waals surface area contributed by atoms with Crippen LogP contribution in [0.5, 0.6) is 5.75 Å². The lowest BCUT2D eigenvalue weighted by atomic mass is 9.98. The van der Waals surface area contributed by atoms with Gasteiger partial charge in [0.2, 0.25) is 0 Å². The molecule has 5 heteroatoms. The van der Waals surface area contributed by atoms with Gasteiger partial charge < -0.3 is 10.5 Å². The number of pyridine rings is 1. The highest BCUT2D eigenvalue weighted by atomic mass is 35.5.